The summed E-state index contributed by atoms with van der Waals surface area (Å²) in [6.45, 7) is 4.16. The van der Waals surface area contributed by atoms with E-state index in [1.54, 1.807) is 6.07 Å². The zero-order chi connectivity index (χ0) is 15.2. The van der Waals surface area contributed by atoms with E-state index in [0.717, 1.165) is 16.8 Å². The molecule has 0 radical (unpaired) electrons. The molecule has 0 bridgehead atoms. The normalized spacial score (nSPS) is 12.0. The van der Waals surface area contributed by atoms with Gasteiger partial charge in [-0.15, -0.1) is 0 Å². The SMILES string of the molecule is CC(=O)Nc1ccc(CN[C@@H](C)c2cccc(F)c2)cc1. The zero-order valence-corrected chi connectivity index (χ0v) is 12.2. The number of carbonyl (C=O) groups is 1. The van der Waals surface area contributed by atoms with E-state index in [2.05, 4.69) is 10.6 Å². The van der Waals surface area contributed by atoms with Crippen molar-refractivity contribution in [3.63, 3.8) is 0 Å². The fourth-order valence-corrected chi connectivity index (χ4v) is 2.07. The molecule has 0 aliphatic carbocycles. The van der Waals surface area contributed by atoms with Gasteiger partial charge >= 0.3 is 0 Å². The molecule has 1 amide bonds. The number of rotatable bonds is 5. The standard InChI is InChI=1S/C17H19FN2O/c1-12(15-4-3-5-16(18)10-15)19-11-14-6-8-17(9-7-14)20-13(2)21/h3-10,12,19H,11H2,1-2H3,(H,20,21)/t12-/m0/s1. The van der Waals surface area contributed by atoms with Crippen LogP contribution in [0.1, 0.15) is 31.0 Å². The Morgan fingerprint density at radius 3 is 2.52 bits per heavy atom. The van der Waals surface area contributed by atoms with Crippen molar-refractivity contribution in [3.8, 4) is 0 Å². The maximum atomic E-state index is 13.2. The Morgan fingerprint density at radius 1 is 1.19 bits per heavy atom. The van der Waals surface area contributed by atoms with Gasteiger partial charge in [0.1, 0.15) is 5.82 Å². The van der Waals surface area contributed by atoms with Crippen LogP contribution in [0.25, 0.3) is 0 Å². The molecular formula is C17H19FN2O. The first-order valence-corrected chi connectivity index (χ1v) is 6.90. The van der Waals surface area contributed by atoms with Gasteiger partial charge in [0.05, 0.1) is 0 Å². The molecule has 0 heterocycles. The van der Waals surface area contributed by atoms with E-state index in [9.17, 15) is 9.18 Å². The van der Waals surface area contributed by atoms with E-state index in [1.165, 1.54) is 19.1 Å². The van der Waals surface area contributed by atoms with Crippen LogP contribution in [-0.2, 0) is 11.3 Å². The van der Waals surface area contributed by atoms with Crippen LogP contribution in [0, 0.1) is 5.82 Å². The number of nitrogens with one attached hydrogen (secondary N) is 2. The van der Waals surface area contributed by atoms with Crippen molar-refractivity contribution in [1.82, 2.24) is 5.32 Å². The summed E-state index contributed by atoms with van der Waals surface area (Å²) < 4.78 is 13.2. The predicted octanol–water partition coefficient (Wildman–Crippen LogP) is 3.63. The van der Waals surface area contributed by atoms with Gasteiger partial charge in [-0.1, -0.05) is 24.3 Å². The number of hydrogen-bond acceptors (Lipinski definition) is 2. The summed E-state index contributed by atoms with van der Waals surface area (Å²) in [6, 6.07) is 14.3. The molecule has 21 heavy (non-hydrogen) atoms. The summed E-state index contributed by atoms with van der Waals surface area (Å²) >= 11 is 0. The molecule has 2 aromatic carbocycles. The van der Waals surface area contributed by atoms with E-state index in [0.29, 0.717) is 6.54 Å². The number of anilines is 1. The Labute approximate surface area is 124 Å². The summed E-state index contributed by atoms with van der Waals surface area (Å²) in [5, 5.41) is 6.08. The second kappa shape index (κ2) is 6.99. The Morgan fingerprint density at radius 2 is 1.90 bits per heavy atom. The third-order valence-corrected chi connectivity index (χ3v) is 3.24. The summed E-state index contributed by atoms with van der Waals surface area (Å²) in [5.74, 6) is -0.304. The largest absolute Gasteiger partial charge is 0.326 e. The lowest BCUT2D eigenvalue weighted by molar-refractivity contribution is -0.114. The van der Waals surface area contributed by atoms with E-state index >= 15 is 0 Å². The number of halogens is 1. The highest BCUT2D eigenvalue weighted by molar-refractivity contribution is 5.88. The van der Waals surface area contributed by atoms with E-state index in [-0.39, 0.29) is 17.8 Å². The molecule has 0 unspecified atom stereocenters. The average molecular weight is 286 g/mol. The van der Waals surface area contributed by atoms with Crippen molar-refractivity contribution in [3.05, 3.63) is 65.5 Å². The first-order chi connectivity index (χ1) is 10.0. The molecule has 3 nitrogen and oxygen atoms in total. The van der Waals surface area contributed by atoms with Gasteiger partial charge in [0.2, 0.25) is 5.91 Å². The molecular weight excluding hydrogens is 267 g/mol. The van der Waals surface area contributed by atoms with Crippen molar-refractivity contribution < 1.29 is 9.18 Å². The van der Waals surface area contributed by atoms with Gasteiger partial charge in [-0.3, -0.25) is 4.79 Å². The molecule has 2 rings (SSSR count). The fraction of sp³-hybridized carbons (Fsp3) is 0.235. The summed E-state index contributed by atoms with van der Waals surface area (Å²) in [4.78, 5) is 10.9. The quantitative estimate of drug-likeness (QED) is 0.881. The number of hydrogen-bond donors (Lipinski definition) is 2. The number of amides is 1. The maximum absolute atomic E-state index is 13.2. The van der Waals surface area contributed by atoms with E-state index in [4.69, 9.17) is 0 Å². The minimum absolute atomic E-state index is 0.0655. The minimum atomic E-state index is -0.221. The molecule has 2 N–H and O–H groups in total. The number of carbonyl (C=O) groups excluding carboxylic acids is 1. The highest BCUT2D eigenvalue weighted by Crippen LogP contribution is 2.15. The summed E-state index contributed by atoms with van der Waals surface area (Å²) in [5.41, 5.74) is 2.81. The molecule has 0 saturated heterocycles. The van der Waals surface area contributed by atoms with Crippen LogP contribution in [0.5, 0.6) is 0 Å². The second-order valence-corrected chi connectivity index (χ2v) is 5.04. The van der Waals surface area contributed by atoms with Crippen molar-refractivity contribution >= 4 is 11.6 Å². The van der Waals surface area contributed by atoms with Crippen LogP contribution < -0.4 is 10.6 Å². The summed E-state index contributed by atoms with van der Waals surface area (Å²) in [6.07, 6.45) is 0. The van der Waals surface area contributed by atoms with Crippen LogP contribution in [-0.4, -0.2) is 5.91 Å². The molecule has 0 fully saturated rings. The van der Waals surface area contributed by atoms with Gasteiger partial charge in [-0.25, -0.2) is 4.39 Å². The Kier molecular flexibility index (Phi) is 5.06. The van der Waals surface area contributed by atoms with E-state index in [1.807, 2.05) is 37.3 Å². The van der Waals surface area contributed by atoms with Gasteiger partial charge in [0, 0.05) is 25.2 Å². The molecule has 0 aliphatic heterocycles. The smallest absolute Gasteiger partial charge is 0.221 e. The average Bonchev–Trinajstić information content (AvgIpc) is 2.45. The third-order valence-electron chi connectivity index (χ3n) is 3.24. The van der Waals surface area contributed by atoms with Crippen molar-refractivity contribution in [2.24, 2.45) is 0 Å². The van der Waals surface area contributed by atoms with Gasteiger partial charge in [0.25, 0.3) is 0 Å². The second-order valence-electron chi connectivity index (χ2n) is 5.04. The molecule has 0 aliphatic rings. The molecule has 0 spiro atoms. The van der Waals surface area contributed by atoms with Crippen molar-refractivity contribution in [1.29, 1.82) is 0 Å². The van der Waals surface area contributed by atoms with Crippen molar-refractivity contribution in [2.75, 3.05) is 5.32 Å². The highest BCUT2D eigenvalue weighted by Gasteiger charge is 2.05. The summed E-state index contributed by atoms with van der Waals surface area (Å²) in [7, 11) is 0. The lowest BCUT2D eigenvalue weighted by Gasteiger charge is -2.14. The lowest BCUT2D eigenvalue weighted by atomic mass is 10.1. The van der Waals surface area contributed by atoms with E-state index < -0.39 is 0 Å². The van der Waals surface area contributed by atoms with Gasteiger partial charge < -0.3 is 10.6 Å². The van der Waals surface area contributed by atoms with Crippen molar-refractivity contribution in [2.45, 2.75) is 26.4 Å². The Balaban J connectivity index is 1.92. The predicted molar refractivity (Wildman–Crippen MR) is 82.4 cm³/mol. The molecule has 2 aromatic rings. The Bertz CT molecular complexity index is 610. The van der Waals surface area contributed by atoms with Crippen LogP contribution in [0.3, 0.4) is 0 Å². The highest BCUT2D eigenvalue weighted by atomic mass is 19.1. The molecule has 4 heteroatoms. The molecule has 0 aromatic heterocycles. The number of benzene rings is 2. The third kappa shape index (κ3) is 4.68. The van der Waals surface area contributed by atoms with Crippen LogP contribution >= 0.6 is 0 Å². The zero-order valence-electron chi connectivity index (χ0n) is 12.2. The molecule has 1 atom stereocenters. The van der Waals surface area contributed by atoms with Gasteiger partial charge in [-0.05, 0) is 42.3 Å². The van der Waals surface area contributed by atoms with Crippen LogP contribution in [0.15, 0.2) is 48.5 Å². The first kappa shape index (κ1) is 15.2. The van der Waals surface area contributed by atoms with Crippen LogP contribution in [0.2, 0.25) is 0 Å². The topological polar surface area (TPSA) is 41.1 Å². The first-order valence-electron chi connectivity index (χ1n) is 6.90. The molecule has 0 saturated carbocycles. The van der Waals surface area contributed by atoms with Crippen LogP contribution in [0.4, 0.5) is 10.1 Å². The van der Waals surface area contributed by atoms with Gasteiger partial charge in [0.15, 0.2) is 0 Å². The van der Waals surface area contributed by atoms with Gasteiger partial charge in [-0.2, -0.15) is 0 Å². The fourth-order valence-electron chi connectivity index (χ4n) is 2.07. The molecule has 110 valence electrons. The minimum Gasteiger partial charge on any atom is -0.326 e. The Hall–Kier alpha value is -2.20. The maximum Gasteiger partial charge on any atom is 0.221 e. The lowest BCUT2D eigenvalue weighted by Crippen LogP contribution is -2.18. The monoisotopic (exact) mass is 286 g/mol.